The van der Waals surface area contributed by atoms with Crippen LogP contribution in [0.1, 0.15) is 24.2 Å². The van der Waals surface area contributed by atoms with Crippen molar-refractivity contribution in [2.24, 2.45) is 0 Å². The van der Waals surface area contributed by atoms with Crippen LogP contribution in [-0.2, 0) is 0 Å². The van der Waals surface area contributed by atoms with Crippen molar-refractivity contribution in [3.05, 3.63) is 45.2 Å². The Bertz CT molecular complexity index is 662. The number of pyridine rings is 1. The van der Waals surface area contributed by atoms with Gasteiger partial charge in [-0.1, -0.05) is 11.6 Å². The fraction of sp³-hybridized carbons (Fsp3) is 0.231. The second-order valence-corrected chi connectivity index (χ2v) is 4.80. The topological polar surface area (TPSA) is 62.0 Å². The van der Waals surface area contributed by atoms with Crippen molar-refractivity contribution in [3.63, 3.8) is 0 Å². The Morgan fingerprint density at radius 2 is 2.06 bits per heavy atom. The number of fused-ring (bicyclic) bond motifs is 1. The van der Waals surface area contributed by atoms with Crippen LogP contribution in [0, 0.1) is 0 Å². The van der Waals surface area contributed by atoms with E-state index in [0.717, 1.165) is 0 Å². The minimum absolute atomic E-state index is 0.00558. The summed E-state index contributed by atoms with van der Waals surface area (Å²) in [5, 5.41) is 3.92. The summed E-state index contributed by atoms with van der Waals surface area (Å²) < 4.78 is 0. The fourth-order valence-corrected chi connectivity index (χ4v) is 1.93. The lowest BCUT2D eigenvalue weighted by Gasteiger charge is -2.10. The maximum Gasteiger partial charge on any atom is 0.252 e. The smallest absolute Gasteiger partial charge is 0.252 e. The van der Waals surface area contributed by atoms with Gasteiger partial charge in [-0.2, -0.15) is 0 Å². The molecule has 0 aliphatic heterocycles. The first-order chi connectivity index (χ1) is 8.47. The highest BCUT2D eigenvalue weighted by molar-refractivity contribution is 6.31. The summed E-state index contributed by atoms with van der Waals surface area (Å²) in [5.74, 6) is -0.275. The van der Waals surface area contributed by atoms with Gasteiger partial charge in [-0.3, -0.25) is 9.59 Å². The van der Waals surface area contributed by atoms with Crippen LogP contribution in [0.3, 0.4) is 0 Å². The molecule has 1 amide bonds. The summed E-state index contributed by atoms with van der Waals surface area (Å²) >= 11 is 5.92. The number of carbonyl (C=O) groups is 1. The lowest BCUT2D eigenvalue weighted by molar-refractivity contribution is 0.0944. The van der Waals surface area contributed by atoms with Crippen LogP contribution in [-0.4, -0.2) is 16.9 Å². The van der Waals surface area contributed by atoms with Crippen molar-refractivity contribution in [1.82, 2.24) is 10.3 Å². The SMILES string of the molecule is CC(C)NC(=O)c1cc(=O)[nH]c2ccc(Cl)cc12. The zero-order chi connectivity index (χ0) is 13.3. The van der Waals surface area contributed by atoms with Crippen LogP contribution in [0.2, 0.25) is 5.02 Å². The molecule has 2 N–H and O–H groups in total. The Kier molecular flexibility index (Phi) is 3.39. The molecule has 0 bridgehead atoms. The van der Waals surface area contributed by atoms with Crippen LogP contribution < -0.4 is 10.9 Å². The summed E-state index contributed by atoms with van der Waals surface area (Å²) in [6.45, 7) is 3.72. The van der Waals surface area contributed by atoms with Gasteiger partial charge in [-0.25, -0.2) is 0 Å². The molecule has 0 aliphatic rings. The summed E-state index contributed by atoms with van der Waals surface area (Å²) in [5.41, 5.74) is 0.629. The molecule has 1 aromatic carbocycles. The van der Waals surface area contributed by atoms with E-state index in [1.165, 1.54) is 6.07 Å². The number of nitrogens with one attached hydrogen (secondary N) is 2. The van der Waals surface area contributed by atoms with E-state index in [9.17, 15) is 9.59 Å². The number of aromatic nitrogens is 1. The fourth-order valence-electron chi connectivity index (χ4n) is 1.75. The number of halogens is 1. The van der Waals surface area contributed by atoms with Crippen molar-refractivity contribution in [2.75, 3.05) is 0 Å². The van der Waals surface area contributed by atoms with Gasteiger partial charge >= 0.3 is 0 Å². The van der Waals surface area contributed by atoms with Gasteiger partial charge in [-0.15, -0.1) is 0 Å². The summed E-state index contributed by atoms with van der Waals surface area (Å²) in [4.78, 5) is 26.2. The van der Waals surface area contributed by atoms with Gasteiger partial charge in [-0.05, 0) is 32.0 Å². The average Bonchev–Trinajstić information content (AvgIpc) is 2.27. The monoisotopic (exact) mass is 264 g/mol. The highest BCUT2D eigenvalue weighted by Gasteiger charge is 2.12. The molecule has 0 saturated carbocycles. The quantitative estimate of drug-likeness (QED) is 0.874. The molecule has 0 saturated heterocycles. The van der Waals surface area contributed by atoms with E-state index in [4.69, 9.17) is 11.6 Å². The summed E-state index contributed by atoms with van der Waals surface area (Å²) in [7, 11) is 0. The van der Waals surface area contributed by atoms with Gasteiger partial charge in [0.15, 0.2) is 0 Å². The number of rotatable bonds is 2. The maximum absolute atomic E-state index is 12.0. The Hall–Kier alpha value is -1.81. The van der Waals surface area contributed by atoms with Crippen LogP contribution in [0.25, 0.3) is 10.9 Å². The van der Waals surface area contributed by atoms with Gasteiger partial charge in [0.25, 0.3) is 5.91 Å². The second kappa shape index (κ2) is 4.82. The predicted molar refractivity (Wildman–Crippen MR) is 72.2 cm³/mol. The number of amides is 1. The molecule has 0 aliphatic carbocycles. The third-order valence-electron chi connectivity index (χ3n) is 2.47. The van der Waals surface area contributed by atoms with E-state index in [-0.39, 0.29) is 17.5 Å². The van der Waals surface area contributed by atoms with Crippen molar-refractivity contribution in [2.45, 2.75) is 19.9 Å². The molecule has 0 radical (unpaired) electrons. The predicted octanol–water partition coefficient (Wildman–Crippen LogP) is 2.32. The van der Waals surface area contributed by atoms with E-state index in [0.29, 0.717) is 21.5 Å². The first-order valence-electron chi connectivity index (χ1n) is 5.61. The van der Waals surface area contributed by atoms with Gasteiger partial charge in [0, 0.05) is 28.0 Å². The lowest BCUT2D eigenvalue weighted by atomic mass is 10.1. The van der Waals surface area contributed by atoms with Crippen LogP contribution >= 0.6 is 11.6 Å². The Morgan fingerprint density at radius 1 is 1.33 bits per heavy atom. The molecule has 2 aromatic rings. The molecule has 2 rings (SSSR count). The summed E-state index contributed by atoms with van der Waals surface area (Å²) in [6.07, 6.45) is 0. The number of benzene rings is 1. The molecule has 5 heteroatoms. The molecule has 0 fully saturated rings. The van der Waals surface area contributed by atoms with Crippen molar-refractivity contribution in [3.8, 4) is 0 Å². The van der Waals surface area contributed by atoms with Gasteiger partial charge in [0.05, 0.1) is 5.56 Å². The minimum atomic E-state index is -0.307. The van der Waals surface area contributed by atoms with Crippen LogP contribution in [0.15, 0.2) is 29.1 Å². The molecule has 18 heavy (non-hydrogen) atoms. The van der Waals surface area contributed by atoms with Gasteiger partial charge in [0.1, 0.15) is 0 Å². The standard InChI is InChI=1S/C13H13ClN2O2/c1-7(2)15-13(18)10-6-12(17)16-11-4-3-8(14)5-9(10)11/h3-7H,1-2H3,(H,15,18)(H,16,17). The maximum atomic E-state index is 12.0. The third-order valence-corrected chi connectivity index (χ3v) is 2.70. The van der Waals surface area contributed by atoms with Crippen molar-refractivity contribution < 1.29 is 4.79 Å². The summed E-state index contributed by atoms with van der Waals surface area (Å²) in [6, 6.07) is 6.32. The Balaban J connectivity index is 2.64. The van der Waals surface area contributed by atoms with E-state index < -0.39 is 0 Å². The highest BCUT2D eigenvalue weighted by Crippen LogP contribution is 2.20. The molecule has 1 aromatic heterocycles. The highest BCUT2D eigenvalue weighted by atomic mass is 35.5. The van der Waals surface area contributed by atoms with E-state index in [1.807, 2.05) is 13.8 Å². The first-order valence-corrected chi connectivity index (χ1v) is 5.98. The zero-order valence-electron chi connectivity index (χ0n) is 10.1. The van der Waals surface area contributed by atoms with Crippen molar-refractivity contribution in [1.29, 1.82) is 0 Å². The van der Waals surface area contributed by atoms with Crippen molar-refractivity contribution >= 4 is 28.4 Å². The Morgan fingerprint density at radius 3 is 2.72 bits per heavy atom. The van der Waals surface area contributed by atoms with E-state index >= 15 is 0 Å². The number of hydrogen-bond acceptors (Lipinski definition) is 2. The number of hydrogen-bond donors (Lipinski definition) is 2. The zero-order valence-corrected chi connectivity index (χ0v) is 10.8. The molecule has 0 atom stereocenters. The normalized spacial score (nSPS) is 10.9. The molecular formula is C13H13ClN2O2. The van der Waals surface area contributed by atoms with E-state index in [1.54, 1.807) is 18.2 Å². The van der Waals surface area contributed by atoms with Crippen LogP contribution in [0.4, 0.5) is 0 Å². The van der Waals surface area contributed by atoms with Gasteiger partial charge < -0.3 is 10.3 Å². The molecular weight excluding hydrogens is 252 g/mol. The lowest BCUT2D eigenvalue weighted by Crippen LogP contribution is -2.31. The number of aromatic amines is 1. The van der Waals surface area contributed by atoms with Gasteiger partial charge in [0.2, 0.25) is 5.56 Å². The third kappa shape index (κ3) is 2.54. The average molecular weight is 265 g/mol. The largest absolute Gasteiger partial charge is 0.350 e. The molecule has 0 spiro atoms. The molecule has 0 unspecified atom stereocenters. The second-order valence-electron chi connectivity index (χ2n) is 4.37. The first kappa shape index (κ1) is 12.6. The molecule has 94 valence electrons. The Labute approximate surface area is 109 Å². The minimum Gasteiger partial charge on any atom is -0.350 e. The van der Waals surface area contributed by atoms with E-state index in [2.05, 4.69) is 10.3 Å². The van der Waals surface area contributed by atoms with Crippen LogP contribution in [0.5, 0.6) is 0 Å². The number of H-pyrrole nitrogens is 1. The molecule has 4 nitrogen and oxygen atoms in total. The number of carbonyl (C=O) groups excluding carboxylic acids is 1. The molecule has 1 heterocycles.